The van der Waals surface area contributed by atoms with Crippen LogP contribution in [0.15, 0.2) is 60.9 Å². The van der Waals surface area contributed by atoms with Crippen molar-refractivity contribution in [3.8, 4) is 0 Å². The number of amides is 3. The fraction of sp³-hybridized carbons (Fsp3) is 0.355. The summed E-state index contributed by atoms with van der Waals surface area (Å²) in [5, 5.41) is 19.5. The lowest BCUT2D eigenvalue weighted by molar-refractivity contribution is -0.142. The second-order valence-electron chi connectivity index (χ2n) is 10.7. The molecule has 0 saturated carbocycles. The lowest BCUT2D eigenvalue weighted by Crippen LogP contribution is -2.58. The maximum Gasteiger partial charge on any atom is 0.326 e. The van der Waals surface area contributed by atoms with E-state index in [9.17, 15) is 24.3 Å². The van der Waals surface area contributed by atoms with E-state index in [1.807, 2.05) is 68.6 Å². The van der Waals surface area contributed by atoms with Crippen LogP contribution in [-0.4, -0.2) is 62.9 Å². The fourth-order valence-electron chi connectivity index (χ4n) is 4.98. The summed E-state index contributed by atoms with van der Waals surface area (Å²) >= 11 is 0. The number of benzene rings is 2. The van der Waals surface area contributed by atoms with E-state index in [0.29, 0.717) is 6.42 Å². The number of para-hydroxylation sites is 2. The number of aromatic nitrogens is 2. The van der Waals surface area contributed by atoms with Gasteiger partial charge in [0.1, 0.15) is 18.1 Å². The molecule has 0 aliphatic rings. The van der Waals surface area contributed by atoms with Crippen molar-refractivity contribution in [1.29, 1.82) is 0 Å². The highest BCUT2D eigenvalue weighted by atomic mass is 16.4. The number of fused-ring (bicyclic) bond motifs is 2. The van der Waals surface area contributed by atoms with E-state index in [1.54, 1.807) is 6.20 Å². The second kappa shape index (κ2) is 13.3. The maximum absolute atomic E-state index is 13.3. The molecule has 0 saturated heterocycles. The Morgan fingerprint density at radius 1 is 0.786 bits per heavy atom. The van der Waals surface area contributed by atoms with Crippen molar-refractivity contribution in [2.75, 3.05) is 0 Å². The van der Waals surface area contributed by atoms with Gasteiger partial charge in [0.2, 0.25) is 17.7 Å². The zero-order valence-corrected chi connectivity index (χ0v) is 23.9. The molecule has 0 aliphatic carbocycles. The summed E-state index contributed by atoms with van der Waals surface area (Å²) in [5.41, 5.74) is 9.68. The van der Waals surface area contributed by atoms with E-state index in [2.05, 4.69) is 25.9 Å². The summed E-state index contributed by atoms with van der Waals surface area (Å²) in [5.74, 6) is -3.13. The summed E-state index contributed by atoms with van der Waals surface area (Å²) in [6.07, 6.45) is 4.46. The SMILES string of the molecule is CCC(C)C(NC(=O)C(N)Cc1c[nH]c2ccccc12)C(=O)NC(C)C(=O)NC(Cc1c[nH]c2ccccc12)C(=O)O. The molecule has 8 N–H and O–H groups in total. The summed E-state index contributed by atoms with van der Waals surface area (Å²) in [7, 11) is 0. The van der Waals surface area contributed by atoms with Crippen LogP contribution in [0.2, 0.25) is 0 Å². The van der Waals surface area contributed by atoms with Gasteiger partial charge in [-0.15, -0.1) is 0 Å². The molecule has 4 rings (SSSR count). The maximum atomic E-state index is 13.3. The Bertz CT molecular complexity index is 1580. The summed E-state index contributed by atoms with van der Waals surface area (Å²) in [6, 6.07) is 11.1. The average Bonchev–Trinajstić information content (AvgIpc) is 3.58. The first-order valence-corrected chi connectivity index (χ1v) is 14.1. The molecule has 0 bridgehead atoms. The molecule has 4 aromatic rings. The van der Waals surface area contributed by atoms with Crippen molar-refractivity contribution in [3.05, 3.63) is 72.1 Å². The molecule has 3 amide bonds. The van der Waals surface area contributed by atoms with E-state index >= 15 is 0 Å². The first-order valence-electron chi connectivity index (χ1n) is 14.1. The standard InChI is InChI=1S/C31H38N6O5/c1-4-17(2)27(37-29(39)23(32)13-19-15-33-24-11-7-5-9-21(19)24)30(40)35-18(3)28(38)36-26(31(41)42)14-20-16-34-25-12-8-6-10-22(20)25/h5-12,15-18,23,26-27,33-34H,4,13-14,32H2,1-3H3,(H,35,40)(H,36,38)(H,37,39)(H,41,42). The van der Waals surface area contributed by atoms with Crippen LogP contribution < -0.4 is 21.7 Å². The van der Waals surface area contributed by atoms with Gasteiger partial charge in [0.25, 0.3) is 0 Å². The number of carboxylic acid groups (broad SMARTS) is 1. The van der Waals surface area contributed by atoms with Crippen molar-refractivity contribution in [2.24, 2.45) is 11.7 Å². The number of aliphatic carboxylic acids is 1. The molecular formula is C31H38N6O5. The molecule has 2 aromatic heterocycles. The minimum atomic E-state index is -1.20. The third kappa shape index (κ3) is 6.98. The minimum Gasteiger partial charge on any atom is -0.480 e. The number of H-pyrrole nitrogens is 2. The molecule has 42 heavy (non-hydrogen) atoms. The molecule has 5 atom stereocenters. The average molecular weight is 575 g/mol. The van der Waals surface area contributed by atoms with Crippen LogP contribution in [0.4, 0.5) is 0 Å². The third-order valence-corrected chi connectivity index (χ3v) is 7.71. The Morgan fingerprint density at radius 3 is 1.88 bits per heavy atom. The fourth-order valence-corrected chi connectivity index (χ4v) is 4.98. The molecule has 222 valence electrons. The third-order valence-electron chi connectivity index (χ3n) is 7.71. The monoisotopic (exact) mass is 574 g/mol. The van der Waals surface area contributed by atoms with Crippen molar-refractivity contribution >= 4 is 45.5 Å². The van der Waals surface area contributed by atoms with Gasteiger partial charge in [-0.2, -0.15) is 0 Å². The van der Waals surface area contributed by atoms with Gasteiger partial charge in [-0.1, -0.05) is 56.7 Å². The molecule has 11 heteroatoms. The van der Waals surface area contributed by atoms with Crippen molar-refractivity contribution in [3.63, 3.8) is 0 Å². The Kier molecular flexibility index (Phi) is 9.64. The zero-order valence-electron chi connectivity index (χ0n) is 23.9. The zero-order chi connectivity index (χ0) is 30.4. The number of carboxylic acids is 1. The van der Waals surface area contributed by atoms with Gasteiger partial charge in [-0.3, -0.25) is 14.4 Å². The summed E-state index contributed by atoms with van der Waals surface area (Å²) < 4.78 is 0. The van der Waals surface area contributed by atoms with Crippen molar-refractivity contribution < 1.29 is 24.3 Å². The molecule has 0 spiro atoms. The van der Waals surface area contributed by atoms with Crippen LogP contribution in [0.25, 0.3) is 21.8 Å². The number of rotatable bonds is 13. The van der Waals surface area contributed by atoms with Crippen molar-refractivity contribution in [1.82, 2.24) is 25.9 Å². The number of hydrogen-bond acceptors (Lipinski definition) is 5. The van der Waals surface area contributed by atoms with Crippen LogP contribution >= 0.6 is 0 Å². The van der Waals surface area contributed by atoms with Gasteiger partial charge in [-0.25, -0.2) is 4.79 Å². The van der Waals surface area contributed by atoms with Gasteiger partial charge in [-0.05, 0) is 42.5 Å². The van der Waals surface area contributed by atoms with Gasteiger partial charge in [0.15, 0.2) is 0 Å². The topological polar surface area (TPSA) is 182 Å². The first-order chi connectivity index (χ1) is 20.1. The van der Waals surface area contributed by atoms with E-state index in [0.717, 1.165) is 32.9 Å². The highest BCUT2D eigenvalue weighted by Crippen LogP contribution is 2.20. The molecular weight excluding hydrogens is 536 g/mol. The molecule has 2 aromatic carbocycles. The highest BCUT2D eigenvalue weighted by molar-refractivity contribution is 5.94. The second-order valence-corrected chi connectivity index (χ2v) is 10.7. The normalized spacial score (nSPS) is 15.0. The number of nitrogens with two attached hydrogens (primary N) is 1. The van der Waals surface area contributed by atoms with Crippen molar-refractivity contribution in [2.45, 2.75) is 64.2 Å². The number of carbonyl (C=O) groups is 4. The lowest BCUT2D eigenvalue weighted by Gasteiger charge is -2.27. The van der Waals surface area contributed by atoms with Gasteiger partial charge in [0, 0.05) is 40.6 Å². The molecule has 5 unspecified atom stereocenters. The number of carbonyl (C=O) groups excluding carboxylic acids is 3. The van der Waals surface area contributed by atoms with E-state index in [4.69, 9.17) is 5.73 Å². The van der Waals surface area contributed by atoms with E-state index in [1.165, 1.54) is 6.92 Å². The predicted molar refractivity (Wildman–Crippen MR) is 161 cm³/mol. The van der Waals surface area contributed by atoms with Gasteiger partial charge >= 0.3 is 5.97 Å². The minimum absolute atomic E-state index is 0.0611. The summed E-state index contributed by atoms with van der Waals surface area (Å²) in [4.78, 5) is 57.5. The number of hydrogen-bond donors (Lipinski definition) is 7. The van der Waals surface area contributed by atoms with Crippen LogP contribution in [0.1, 0.15) is 38.3 Å². The Labute approximate surface area is 243 Å². The van der Waals surface area contributed by atoms with Gasteiger partial charge in [0.05, 0.1) is 6.04 Å². The lowest BCUT2D eigenvalue weighted by atomic mass is 9.97. The van der Waals surface area contributed by atoms with Crippen LogP contribution in [-0.2, 0) is 32.0 Å². The van der Waals surface area contributed by atoms with Gasteiger partial charge < -0.3 is 36.8 Å². The quantitative estimate of drug-likeness (QED) is 0.129. The predicted octanol–water partition coefficient (Wildman–Crippen LogP) is 2.37. The number of nitrogens with one attached hydrogen (secondary N) is 5. The molecule has 0 fully saturated rings. The Hall–Kier alpha value is -4.64. The Balaban J connectivity index is 1.37. The Morgan fingerprint density at radius 2 is 1.33 bits per heavy atom. The first kappa shape index (κ1) is 30.3. The molecule has 0 radical (unpaired) electrons. The van der Waals surface area contributed by atoms with Crippen LogP contribution in [0.5, 0.6) is 0 Å². The summed E-state index contributed by atoms with van der Waals surface area (Å²) in [6.45, 7) is 5.18. The van der Waals surface area contributed by atoms with E-state index < -0.39 is 47.9 Å². The van der Waals surface area contributed by atoms with Crippen LogP contribution in [0.3, 0.4) is 0 Å². The van der Waals surface area contributed by atoms with Crippen LogP contribution in [0, 0.1) is 5.92 Å². The molecule has 11 nitrogen and oxygen atoms in total. The number of aromatic amines is 2. The molecule has 0 aliphatic heterocycles. The molecule has 2 heterocycles. The largest absolute Gasteiger partial charge is 0.480 e. The highest BCUT2D eigenvalue weighted by Gasteiger charge is 2.31. The smallest absolute Gasteiger partial charge is 0.326 e. The van der Waals surface area contributed by atoms with E-state index in [-0.39, 0.29) is 18.8 Å².